The lowest BCUT2D eigenvalue weighted by Gasteiger charge is -2.06. The van der Waals surface area contributed by atoms with Crippen LogP contribution in [0.2, 0.25) is 0 Å². The number of oxime groups is 2. The van der Waals surface area contributed by atoms with Gasteiger partial charge in [0.05, 0.1) is 12.4 Å². The van der Waals surface area contributed by atoms with Gasteiger partial charge in [0, 0.05) is 47.9 Å². The van der Waals surface area contributed by atoms with E-state index in [-0.39, 0.29) is 46.5 Å². The fraction of sp³-hybridized carbons (Fsp3) is 0.348. The molecule has 0 saturated carbocycles. The Balaban J connectivity index is 0.000000640. The Hall–Kier alpha value is -2.43. The summed E-state index contributed by atoms with van der Waals surface area (Å²) in [5, 5.41) is 31.3. The van der Waals surface area contributed by atoms with Crippen molar-refractivity contribution in [3.05, 3.63) is 72.3 Å². The van der Waals surface area contributed by atoms with Crippen LogP contribution in [0, 0.1) is 5.92 Å². The van der Waals surface area contributed by atoms with Crippen molar-refractivity contribution in [1.82, 2.24) is 0 Å². The monoisotopic (exact) mass is 584 g/mol. The van der Waals surface area contributed by atoms with Gasteiger partial charge in [-0.15, -0.1) is 9.13 Å². The first-order valence-corrected chi connectivity index (χ1v) is 10.3. The number of ketones is 1. The summed E-state index contributed by atoms with van der Waals surface area (Å²) in [5.41, 5.74) is 1.66. The number of unbranched alkanes of at least 4 members (excludes halogenated alkanes) is 2. The van der Waals surface area contributed by atoms with Gasteiger partial charge in [-0.2, -0.15) is 0 Å². The van der Waals surface area contributed by atoms with Gasteiger partial charge in [0.15, 0.2) is 30.6 Å². The molecule has 1 aliphatic carbocycles. The number of hydrogen-bond acceptors (Lipinski definition) is 6. The van der Waals surface area contributed by atoms with E-state index in [2.05, 4.69) is 10.3 Å². The van der Waals surface area contributed by atoms with Gasteiger partial charge in [0.1, 0.15) is 0 Å². The van der Waals surface area contributed by atoms with Crippen LogP contribution in [-0.2, 0) is 11.5 Å². The zero-order chi connectivity index (χ0) is 22.3. The van der Waals surface area contributed by atoms with E-state index in [9.17, 15) is 4.79 Å². The first-order chi connectivity index (χ1) is 15.2. The van der Waals surface area contributed by atoms with Crippen LogP contribution in [0.3, 0.4) is 0 Å². The lowest BCUT2D eigenvalue weighted by atomic mass is 9.98. The smallest absolute Gasteiger partial charge is 0.343 e. The SMILES string of the molecule is O/N=C\c1cc[n+](C[n+]2ccc(/C=N\O)cc2)cc1.O=C1C=CCC1CCCCCO.[Br-].[Br-]. The van der Waals surface area contributed by atoms with Gasteiger partial charge >= 0.3 is 6.67 Å². The number of carbonyl (C=O) groups excluding carboxylic acids is 1. The van der Waals surface area contributed by atoms with Gasteiger partial charge < -0.3 is 49.5 Å². The molecule has 2 aromatic heterocycles. The Bertz CT molecular complexity index is 835. The summed E-state index contributed by atoms with van der Waals surface area (Å²) < 4.78 is 3.96. The summed E-state index contributed by atoms with van der Waals surface area (Å²) in [5.74, 6) is 0.544. The topological polar surface area (TPSA) is 110 Å². The van der Waals surface area contributed by atoms with Crippen LogP contribution in [0.1, 0.15) is 43.2 Å². The van der Waals surface area contributed by atoms with E-state index in [1.165, 1.54) is 12.4 Å². The Morgan fingerprint density at radius 1 is 0.879 bits per heavy atom. The number of aliphatic hydroxyl groups is 1. The van der Waals surface area contributed by atoms with Crippen molar-refractivity contribution in [1.29, 1.82) is 0 Å². The zero-order valence-electron chi connectivity index (χ0n) is 18.2. The minimum atomic E-state index is 0. The molecule has 180 valence electrons. The van der Waals surface area contributed by atoms with Gasteiger partial charge in [0.25, 0.3) is 0 Å². The number of hydrogen-bond donors (Lipinski definition) is 3. The molecule has 3 rings (SSSR count). The molecule has 0 amide bonds. The lowest BCUT2D eigenvalue weighted by molar-refractivity contribution is -0.913. The fourth-order valence-electron chi connectivity index (χ4n) is 3.16. The van der Waals surface area contributed by atoms with Crippen molar-refractivity contribution in [2.75, 3.05) is 6.61 Å². The Morgan fingerprint density at radius 2 is 1.39 bits per heavy atom. The number of carbonyl (C=O) groups is 1. The molecule has 33 heavy (non-hydrogen) atoms. The predicted octanol–water partition coefficient (Wildman–Crippen LogP) is -3.92. The molecule has 8 nitrogen and oxygen atoms in total. The highest BCUT2D eigenvalue weighted by Crippen LogP contribution is 2.20. The van der Waals surface area contributed by atoms with Crippen molar-refractivity contribution >= 4 is 18.2 Å². The summed E-state index contributed by atoms with van der Waals surface area (Å²) >= 11 is 0. The minimum absolute atomic E-state index is 0. The highest BCUT2D eigenvalue weighted by molar-refractivity contribution is 5.93. The molecule has 2 aromatic rings. The second-order valence-electron chi connectivity index (χ2n) is 7.23. The summed E-state index contributed by atoms with van der Waals surface area (Å²) in [6, 6.07) is 7.42. The average Bonchev–Trinajstić information content (AvgIpc) is 3.20. The predicted molar refractivity (Wildman–Crippen MR) is 115 cm³/mol. The number of nitrogens with zero attached hydrogens (tertiary/aromatic N) is 4. The molecule has 1 unspecified atom stereocenters. The number of aliphatic hydroxyl groups excluding tert-OH is 1. The third kappa shape index (κ3) is 11.8. The first kappa shape index (κ1) is 30.6. The van der Waals surface area contributed by atoms with Crippen LogP contribution in [-0.4, -0.2) is 40.3 Å². The maximum absolute atomic E-state index is 11.1. The Morgan fingerprint density at radius 3 is 1.79 bits per heavy atom. The normalized spacial score (nSPS) is 14.6. The summed E-state index contributed by atoms with van der Waals surface area (Å²) in [4.78, 5) is 11.1. The number of halogens is 2. The quantitative estimate of drug-likeness (QED) is 0.0918. The van der Waals surface area contributed by atoms with Crippen molar-refractivity contribution in [2.45, 2.75) is 38.8 Å². The fourth-order valence-corrected chi connectivity index (χ4v) is 3.16. The van der Waals surface area contributed by atoms with Gasteiger partial charge in [-0.05, 0) is 25.3 Å². The largest absolute Gasteiger partial charge is 1.00 e. The molecule has 0 aromatic carbocycles. The van der Waals surface area contributed by atoms with Crippen LogP contribution >= 0.6 is 0 Å². The van der Waals surface area contributed by atoms with E-state index in [0.717, 1.165) is 43.2 Å². The van der Waals surface area contributed by atoms with E-state index in [0.29, 0.717) is 12.5 Å². The maximum atomic E-state index is 11.1. The van der Waals surface area contributed by atoms with Crippen molar-refractivity contribution in [3.8, 4) is 0 Å². The molecule has 0 spiro atoms. The van der Waals surface area contributed by atoms with Crippen molar-refractivity contribution in [2.24, 2.45) is 16.2 Å². The van der Waals surface area contributed by atoms with Gasteiger partial charge in [-0.25, -0.2) is 0 Å². The van der Waals surface area contributed by atoms with Crippen LogP contribution in [0.15, 0.2) is 71.5 Å². The molecular weight excluding hydrogens is 556 g/mol. The summed E-state index contributed by atoms with van der Waals surface area (Å²) in [7, 11) is 0. The second-order valence-corrected chi connectivity index (χ2v) is 7.23. The van der Waals surface area contributed by atoms with E-state index in [1.807, 2.05) is 64.3 Å². The first-order valence-electron chi connectivity index (χ1n) is 10.3. The number of pyridine rings is 2. The van der Waals surface area contributed by atoms with Crippen LogP contribution in [0.25, 0.3) is 0 Å². The van der Waals surface area contributed by atoms with Gasteiger partial charge in [-0.3, -0.25) is 4.79 Å². The minimum Gasteiger partial charge on any atom is -1.00 e. The molecule has 0 saturated heterocycles. The second kappa shape index (κ2) is 18.0. The lowest BCUT2D eigenvalue weighted by Crippen LogP contribution is -3.00. The third-order valence-electron chi connectivity index (χ3n) is 4.89. The number of rotatable bonds is 9. The average molecular weight is 586 g/mol. The standard InChI is InChI=1S/C13H12N4O2.C10H16O2.2BrH/c18-14-9-12-1-5-16(6-2-12)11-17-7-3-13(4-8-17)10-15-19;11-8-3-1-2-5-9-6-4-7-10(9)12;;/h1-10H,11H2;4,7,9,11H,1-3,5-6,8H2;2*1H. The Labute approximate surface area is 215 Å². The van der Waals surface area contributed by atoms with Gasteiger partial charge in [-0.1, -0.05) is 29.2 Å². The molecule has 0 bridgehead atoms. The number of aromatic nitrogens is 2. The molecule has 3 N–H and O–H groups in total. The van der Waals surface area contributed by atoms with Crippen LogP contribution in [0.4, 0.5) is 0 Å². The van der Waals surface area contributed by atoms with Crippen molar-refractivity contribution < 1.29 is 63.4 Å². The van der Waals surface area contributed by atoms with E-state index < -0.39 is 0 Å². The zero-order valence-corrected chi connectivity index (χ0v) is 21.4. The van der Waals surface area contributed by atoms with E-state index in [1.54, 1.807) is 6.08 Å². The van der Waals surface area contributed by atoms with E-state index in [4.69, 9.17) is 15.5 Å². The van der Waals surface area contributed by atoms with E-state index >= 15 is 0 Å². The van der Waals surface area contributed by atoms with Crippen LogP contribution in [0.5, 0.6) is 0 Å². The molecule has 0 radical (unpaired) electrons. The molecular formula is C23H30Br2N4O4. The van der Waals surface area contributed by atoms with Crippen molar-refractivity contribution in [3.63, 3.8) is 0 Å². The Kier molecular flexibility index (Phi) is 16.7. The highest BCUT2D eigenvalue weighted by Gasteiger charge is 2.18. The maximum Gasteiger partial charge on any atom is 0.343 e. The molecule has 0 aliphatic heterocycles. The van der Waals surface area contributed by atoms with Crippen LogP contribution < -0.4 is 43.1 Å². The highest BCUT2D eigenvalue weighted by atomic mass is 79.9. The molecule has 2 heterocycles. The van der Waals surface area contributed by atoms with Gasteiger partial charge in [0.2, 0.25) is 0 Å². The summed E-state index contributed by atoms with van der Waals surface area (Å²) in [6.45, 7) is 0.934. The molecule has 0 fully saturated rings. The third-order valence-corrected chi connectivity index (χ3v) is 4.89. The summed E-state index contributed by atoms with van der Waals surface area (Å²) in [6.07, 6.45) is 18.9. The molecule has 1 aliphatic rings. The molecule has 10 heteroatoms. The number of allylic oxidation sites excluding steroid dienone is 2. The molecule has 1 atom stereocenters.